The monoisotopic (exact) mass is 317 g/mol. The largest absolute Gasteiger partial charge is 0.481 e. The zero-order chi connectivity index (χ0) is 14.5. The summed E-state index contributed by atoms with van der Waals surface area (Å²) >= 11 is 11.7. The number of halogens is 2. The lowest BCUT2D eigenvalue weighted by atomic mass is 10.2. The number of amides is 1. The maximum absolute atomic E-state index is 11.9. The second-order valence-electron chi connectivity index (χ2n) is 4.72. The van der Waals surface area contributed by atoms with Gasteiger partial charge >= 0.3 is 0 Å². The maximum atomic E-state index is 11.9. The van der Waals surface area contributed by atoms with Crippen LogP contribution in [0.3, 0.4) is 0 Å². The molecule has 0 saturated carbocycles. The third-order valence-corrected chi connectivity index (χ3v) is 3.84. The first-order chi connectivity index (χ1) is 9.56. The second kappa shape index (κ2) is 7.16. The second-order valence-corrected chi connectivity index (χ2v) is 5.53. The molecule has 1 aromatic carbocycles. The van der Waals surface area contributed by atoms with Crippen molar-refractivity contribution in [2.24, 2.45) is 0 Å². The molecule has 20 heavy (non-hydrogen) atoms. The SMILES string of the molecule is CC(Oc1ccc(Cl)c(Cl)c1)C(=O)NCC1CCCO1. The van der Waals surface area contributed by atoms with E-state index in [-0.39, 0.29) is 12.0 Å². The van der Waals surface area contributed by atoms with Gasteiger partial charge in [-0.15, -0.1) is 0 Å². The van der Waals surface area contributed by atoms with Crippen LogP contribution in [-0.4, -0.2) is 31.3 Å². The molecule has 2 unspecified atom stereocenters. The summed E-state index contributed by atoms with van der Waals surface area (Å²) in [5.41, 5.74) is 0. The summed E-state index contributed by atoms with van der Waals surface area (Å²) in [7, 11) is 0. The zero-order valence-corrected chi connectivity index (χ0v) is 12.7. The summed E-state index contributed by atoms with van der Waals surface area (Å²) in [5.74, 6) is 0.339. The van der Waals surface area contributed by atoms with Crippen LogP contribution in [0, 0.1) is 0 Å². The van der Waals surface area contributed by atoms with Crippen molar-refractivity contribution < 1.29 is 14.3 Å². The van der Waals surface area contributed by atoms with Crippen LogP contribution >= 0.6 is 23.2 Å². The standard InChI is InChI=1S/C14H17Cl2NO3/c1-9(14(18)17-8-11-3-2-6-19-11)20-10-4-5-12(15)13(16)7-10/h4-5,7,9,11H,2-3,6,8H2,1H3,(H,17,18). The van der Waals surface area contributed by atoms with Gasteiger partial charge in [-0.2, -0.15) is 0 Å². The Morgan fingerprint density at radius 3 is 2.95 bits per heavy atom. The number of hydrogen-bond donors (Lipinski definition) is 1. The van der Waals surface area contributed by atoms with Crippen molar-refractivity contribution in [1.82, 2.24) is 5.32 Å². The van der Waals surface area contributed by atoms with Crippen LogP contribution < -0.4 is 10.1 Å². The molecule has 0 aromatic heterocycles. The molecular weight excluding hydrogens is 301 g/mol. The summed E-state index contributed by atoms with van der Waals surface area (Å²) in [4.78, 5) is 11.9. The van der Waals surface area contributed by atoms with Gasteiger partial charge in [0, 0.05) is 19.2 Å². The van der Waals surface area contributed by atoms with E-state index in [1.807, 2.05) is 0 Å². The average Bonchev–Trinajstić information content (AvgIpc) is 2.93. The molecule has 4 nitrogen and oxygen atoms in total. The van der Waals surface area contributed by atoms with Gasteiger partial charge in [0.05, 0.1) is 16.1 Å². The summed E-state index contributed by atoms with van der Waals surface area (Å²) < 4.78 is 11.0. The van der Waals surface area contributed by atoms with Gasteiger partial charge in [-0.05, 0) is 31.9 Å². The van der Waals surface area contributed by atoms with Crippen LogP contribution in [0.15, 0.2) is 18.2 Å². The van der Waals surface area contributed by atoms with Crippen LogP contribution in [0.2, 0.25) is 10.0 Å². The number of nitrogens with one attached hydrogen (secondary N) is 1. The molecule has 1 aromatic rings. The highest BCUT2D eigenvalue weighted by Crippen LogP contribution is 2.26. The minimum absolute atomic E-state index is 0.121. The van der Waals surface area contributed by atoms with Gasteiger partial charge in [-0.3, -0.25) is 4.79 Å². The number of rotatable bonds is 5. The Labute approximate surface area is 128 Å². The molecule has 1 amide bonds. The molecule has 1 N–H and O–H groups in total. The third-order valence-electron chi connectivity index (χ3n) is 3.10. The van der Waals surface area contributed by atoms with Gasteiger partial charge in [0.25, 0.3) is 5.91 Å². The molecule has 1 aliphatic heterocycles. The summed E-state index contributed by atoms with van der Waals surface area (Å²) in [6.07, 6.45) is 1.56. The minimum Gasteiger partial charge on any atom is -0.481 e. The van der Waals surface area contributed by atoms with E-state index in [4.69, 9.17) is 32.7 Å². The predicted molar refractivity (Wildman–Crippen MR) is 78.5 cm³/mol. The average molecular weight is 318 g/mol. The number of hydrogen-bond acceptors (Lipinski definition) is 3. The lowest BCUT2D eigenvalue weighted by Gasteiger charge is -2.16. The highest BCUT2D eigenvalue weighted by Gasteiger charge is 2.19. The summed E-state index contributed by atoms with van der Waals surface area (Å²) in [6.45, 7) is 2.98. The lowest BCUT2D eigenvalue weighted by molar-refractivity contribution is -0.127. The van der Waals surface area contributed by atoms with E-state index in [1.54, 1.807) is 25.1 Å². The van der Waals surface area contributed by atoms with Gasteiger partial charge in [-0.1, -0.05) is 23.2 Å². The van der Waals surface area contributed by atoms with E-state index >= 15 is 0 Å². The van der Waals surface area contributed by atoms with E-state index < -0.39 is 6.10 Å². The van der Waals surface area contributed by atoms with Crippen molar-refractivity contribution in [2.45, 2.75) is 32.0 Å². The smallest absolute Gasteiger partial charge is 0.260 e. The Hall–Kier alpha value is -0.970. The normalized spacial score (nSPS) is 19.6. The van der Waals surface area contributed by atoms with E-state index in [1.165, 1.54) is 0 Å². The Bertz CT molecular complexity index is 475. The fourth-order valence-electron chi connectivity index (χ4n) is 1.97. The van der Waals surface area contributed by atoms with Crippen molar-refractivity contribution in [3.63, 3.8) is 0 Å². The molecule has 6 heteroatoms. The first-order valence-electron chi connectivity index (χ1n) is 6.57. The molecule has 1 heterocycles. The topological polar surface area (TPSA) is 47.6 Å². The van der Waals surface area contributed by atoms with Crippen LogP contribution in [0.5, 0.6) is 5.75 Å². The highest BCUT2D eigenvalue weighted by atomic mass is 35.5. The zero-order valence-electron chi connectivity index (χ0n) is 11.2. The van der Waals surface area contributed by atoms with Crippen molar-refractivity contribution >= 4 is 29.1 Å². The number of carbonyl (C=O) groups excluding carboxylic acids is 1. The quantitative estimate of drug-likeness (QED) is 0.908. The third kappa shape index (κ3) is 4.27. The van der Waals surface area contributed by atoms with Crippen LogP contribution in [0.4, 0.5) is 0 Å². The summed E-state index contributed by atoms with van der Waals surface area (Å²) in [6, 6.07) is 4.90. The van der Waals surface area contributed by atoms with Gasteiger partial charge in [0.2, 0.25) is 0 Å². The van der Waals surface area contributed by atoms with Crippen molar-refractivity contribution in [2.75, 3.05) is 13.2 Å². The van der Waals surface area contributed by atoms with Crippen LogP contribution in [0.1, 0.15) is 19.8 Å². The Balaban J connectivity index is 1.81. The molecule has 1 saturated heterocycles. The predicted octanol–water partition coefficient (Wildman–Crippen LogP) is 3.06. The number of ether oxygens (including phenoxy) is 2. The molecule has 1 aliphatic rings. The Kier molecular flexibility index (Phi) is 5.52. The van der Waals surface area contributed by atoms with Gasteiger partial charge in [0.1, 0.15) is 5.75 Å². The van der Waals surface area contributed by atoms with Crippen molar-refractivity contribution in [3.05, 3.63) is 28.2 Å². The van der Waals surface area contributed by atoms with Crippen LogP contribution in [-0.2, 0) is 9.53 Å². The molecule has 0 aliphatic carbocycles. The molecular formula is C14H17Cl2NO3. The van der Waals surface area contributed by atoms with Crippen molar-refractivity contribution in [3.8, 4) is 5.75 Å². The lowest BCUT2D eigenvalue weighted by Crippen LogP contribution is -2.40. The van der Waals surface area contributed by atoms with E-state index in [0.29, 0.717) is 22.3 Å². The van der Waals surface area contributed by atoms with Gasteiger partial charge in [0.15, 0.2) is 6.10 Å². The molecule has 2 rings (SSSR count). The summed E-state index contributed by atoms with van der Waals surface area (Å²) in [5, 5.41) is 3.68. The van der Waals surface area contributed by atoms with E-state index in [9.17, 15) is 4.79 Å². The Morgan fingerprint density at radius 1 is 1.50 bits per heavy atom. The van der Waals surface area contributed by atoms with Crippen LogP contribution in [0.25, 0.3) is 0 Å². The van der Waals surface area contributed by atoms with Gasteiger partial charge in [-0.25, -0.2) is 0 Å². The Morgan fingerprint density at radius 2 is 2.30 bits per heavy atom. The number of carbonyl (C=O) groups is 1. The van der Waals surface area contributed by atoms with Crippen molar-refractivity contribution in [1.29, 1.82) is 0 Å². The fourth-order valence-corrected chi connectivity index (χ4v) is 2.26. The van der Waals surface area contributed by atoms with Gasteiger partial charge < -0.3 is 14.8 Å². The molecule has 0 radical (unpaired) electrons. The highest BCUT2D eigenvalue weighted by molar-refractivity contribution is 6.42. The molecule has 2 atom stereocenters. The molecule has 0 bridgehead atoms. The minimum atomic E-state index is -0.603. The first kappa shape index (κ1) is 15.4. The molecule has 110 valence electrons. The van der Waals surface area contributed by atoms with E-state index in [0.717, 1.165) is 19.4 Å². The fraction of sp³-hybridized carbons (Fsp3) is 0.500. The number of benzene rings is 1. The maximum Gasteiger partial charge on any atom is 0.260 e. The van der Waals surface area contributed by atoms with E-state index in [2.05, 4.69) is 5.32 Å². The molecule has 1 fully saturated rings. The molecule has 0 spiro atoms. The first-order valence-corrected chi connectivity index (χ1v) is 7.33.